The van der Waals surface area contributed by atoms with Crippen LogP contribution < -0.4 is 24.8 Å². The van der Waals surface area contributed by atoms with Crippen molar-refractivity contribution in [1.29, 1.82) is 0 Å². The Morgan fingerprint density at radius 3 is 2.50 bits per heavy atom. The molecule has 172 valence electrons. The standard InChI is InChI=1S/C18H18F3N5O5S/c1-10(11-6-7-23-15(9-11)25-32(22,29)30)8-14-16(27)26(17(28)24-14)12-2-4-13(5-3-12)31-18(19,20)21/h2-7,9-10,14H,8H2,1H3,(H,23,25)(H,24,28)(H2,22,29,30). The normalized spacial score (nSPS) is 17.8. The maximum absolute atomic E-state index is 12.8. The zero-order valence-corrected chi connectivity index (χ0v) is 17.3. The molecule has 4 N–H and O–H groups in total. The van der Waals surface area contributed by atoms with Gasteiger partial charge in [-0.15, -0.1) is 13.2 Å². The molecule has 32 heavy (non-hydrogen) atoms. The maximum Gasteiger partial charge on any atom is 0.573 e. The van der Waals surface area contributed by atoms with Crippen LogP contribution in [0.1, 0.15) is 24.8 Å². The van der Waals surface area contributed by atoms with Crippen molar-refractivity contribution < 1.29 is 35.9 Å². The second-order valence-corrected chi connectivity index (χ2v) is 8.27. The number of nitrogens with two attached hydrogens (primary N) is 1. The molecule has 1 saturated heterocycles. The molecule has 0 radical (unpaired) electrons. The molecule has 10 nitrogen and oxygen atoms in total. The minimum Gasteiger partial charge on any atom is -0.406 e. The van der Waals surface area contributed by atoms with Crippen LogP contribution in [0.5, 0.6) is 5.75 Å². The quantitative estimate of drug-likeness (QED) is 0.526. The Balaban J connectivity index is 1.70. The number of hydrogen-bond donors (Lipinski definition) is 3. The van der Waals surface area contributed by atoms with E-state index in [2.05, 4.69) is 15.0 Å². The molecule has 3 amide bonds. The molecule has 0 aliphatic carbocycles. The Hall–Kier alpha value is -3.39. The Kier molecular flexibility index (Phi) is 6.27. The first-order chi connectivity index (χ1) is 14.8. The summed E-state index contributed by atoms with van der Waals surface area (Å²) >= 11 is 0. The number of urea groups is 1. The van der Waals surface area contributed by atoms with E-state index in [0.29, 0.717) is 5.56 Å². The van der Waals surface area contributed by atoms with Gasteiger partial charge in [0.15, 0.2) is 0 Å². The first-order valence-corrected chi connectivity index (χ1v) is 10.6. The van der Waals surface area contributed by atoms with Gasteiger partial charge >= 0.3 is 12.4 Å². The van der Waals surface area contributed by atoms with Crippen molar-refractivity contribution in [3.05, 3.63) is 48.2 Å². The van der Waals surface area contributed by atoms with E-state index < -0.39 is 40.3 Å². The molecule has 1 aromatic carbocycles. The number of ether oxygens (including phenoxy) is 1. The fourth-order valence-electron chi connectivity index (χ4n) is 3.18. The molecule has 2 heterocycles. The van der Waals surface area contributed by atoms with Gasteiger partial charge in [0.1, 0.15) is 17.6 Å². The summed E-state index contributed by atoms with van der Waals surface area (Å²) in [4.78, 5) is 29.8. The number of imide groups is 1. The first kappa shape index (κ1) is 23.3. The fourth-order valence-corrected chi connectivity index (χ4v) is 3.58. The summed E-state index contributed by atoms with van der Waals surface area (Å²) in [5, 5.41) is 7.47. The largest absolute Gasteiger partial charge is 0.573 e. The number of anilines is 2. The lowest BCUT2D eigenvalue weighted by molar-refractivity contribution is -0.274. The average molecular weight is 473 g/mol. The molecule has 3 rings (SSSR count). The Morgan fingerprint density at radius 1 is 1.25 bits per heavy atom. The summed E-state index contributed by atoms with van der Waals surface area (Å²) in [5.74, 6) is -1.36. The van der Waals surface area contributed by atoms with E-state index in [0.717, 1.165) is 17.0 Å². The molecule has 1 aromatic heterocycles. The van der Waals surface area contributed by atoms with Gasteiger partial charge in [-0.1, -0.05) is 6.92 Å². The molecule has 0 saturated carbocycles. The third-order valence-corrected chi connectivity index (χ3v) is 5.03. The monoisotopic (exact) mass is 473 g/mol. The van der Waals surface area contributed by atoms with E-state index in [1.807, 2.05) is 4.72 Å². The summed E-state index contributed by atoms with van der Waals surface area (Å²) in [5.41, 5.74) is 0.723. The SMILES string of the molecule is CC(CC1NC(=O)N(c2ccc(OC(F)(F)F)cc2)C1=O)c1ccnc(NS(N)(=O)=O)c1. The number of rotatable bonds is 7. The molecule has 1 aliphatic heterocycles. The number of nitrogens with one attached hydrogen (secondary N) is 2. The van der Waals surface area contributed by atoms with E-state index in [1.165, 1.54) is 24.4 Å². The van der Waals surface area contributed by atoms with Crippen molar-refractivity contribution in [2.75, 3.05) is 9.62 Å². The van der Waals surface area contributed by atoms with Crippen LogP contribution in [0.15, 0.2) is 42.6 Å². The van der Waals surface area contributed by atoms with Crippen LogP contribution >= 0.6 is 0 Å². The number of aromatic nitrogens is 1. The number of benzene rings is 1. The van der Waals surface area contributed by atoms with Crippen molar-refractivity contribution in [1.82, 2.24) is 10.3 Å². The van der Waals surface area contributed by atoms with Crippen LogP contribution in [0.4, 0.5) is 29.5 Å². The Morgan fingerprint density at radius 2 is 1.91 bits per heavy atom. The Labute approximate surface area is 180 Å². The summed E-state index contributed by atoms with van der Waals surface area (Å²) < 4.78 is 65.0. The van der Waals surface area contributed by atoms with Gasteiger partial charge < -0.3 is 10.1 Å². The van der Waals surface area contributed by atoms with Gasteiger partial charge in [0, 0.05) is 6.20 Å². The minimum absolute atomic E-state index is 0.00132. The van der Waals surface area contributed by atoms with Crippen LogP contribution in [-0.4, -0.2) is 37.7 Å². The van der Waals surface area contributed by atoms with E-state index in [9.17, 15) is 31.2 Å². The molecule has 2 atom stereocenters. The number of carbonyl (C=O) groups is 2. The predicted octanol–water partition coefficient (Wildman–Crippen LogP) is 2.21. The highest BCUT2D eigenvalue weighted by Crippen LogP contribution is 2.29. The summed E-state index contributed by atoms with van der Waals surface area (Å²) in [6.07, 6.45) is -3.32. The van der Waals surface area contributed by atoms with Crippen molar-refractivity contribution in [3.63, 3.8) is 0 Å². The van der Waals surface area contributed by atoms with Crippen LogP contribution in [0.2, 0.25) is 0 Å². The minimum atomic E-state index is -4.86. The average Bonchev–Trinajstić information content (AvgIpc) is 2.93. The molecule has 2 aromatic rings. The van der Waals surface area contributed by atoms with Crippen molar-refractivity contribution in [2.45, 2.75) is 31.7 Å². The van der Waals surface area contributed by atoms with Gasteiger partial charge in [0.2, 0.25) is 0 Å². The van der Waals surface area contributed by atoms with Crippen LogP contribution in [0.3, 0.4) is 0 Å². The third-order valence-electron chi connectivity index (χ3n) is 4.54. The molecule has 14 heteroatoms. The lowest BCUT2D eigenvalue weighted by Gasteiger charge is -2.17. The van der Waals surface area contributed by atoms with E-state index >= 15 is 0 Å². The fraction of sp³-hybridized carbons (Fsp3) is 0.278. The van der Waals surface area contributed by atoms with Gasteiger partial charge in [-0.2, -0.15) is 8.42 Å². The lowest BCUT2D eigenvalue weighted by Crippen LogP contribution is -2.32. The number of alkyl halides is 3. The number of halogens is 3. The number of nitrogens with zero attached hydrogens (tertiary/aromatic N) is 2. The van der Waals surface area contributed by atoms with Gasteiger partial charge in [-0.25, -0.2) is 19.8 Å². The summed E-state index contributed by atoms with van der Waals surface area (Å²) in [6.45, 7) is 1.77. The van der Waals surface area contributed by atoms with Crippen LogP contribution in [0, 0.1) is 0 Å². The number of carbonyl (C=O) groups excluding carboxylic acids is 2. The second-order valence-electron chi connectivity index (χ2n) is 6.98. The van der Waals surface area contributed by atoms with E-state index in [4.69, 9.17) is 5.14 Å². The molecule has 0 bridgehead atoms. The third kappa shape index (κ3) is 5.85. The highest BCUT2D eigenvalue weighted by atomic mass is 32.2. The van der Waals surface area contributed by atoms with Gasteiger partial charge in [-0.3, -0.25) is 9.52 Å². The van der Waals surface area contributed by atoms with Crippen molar-refractivity contribution in [2.24, 2.45) is 5.14 Å². The first-order valence-electron chi connectivity index (χ1n) is 9.09. The van der Waals surface area contributed by atoms with Gasteiger partial charge in [0.05, 0.1) is 5.69 Å². The van der Waals surface area contributed by atoms with Crippen molar-refractivity contribution in [3.8, 4) is 5.75 Å². The lowest BCUT2D eigenvalue weighted by atomic mass is 9.94. The molecule has 1 fully saturated rings. The van der Waals surface area contributed by atoms with E-state index in [-0.39, 0.29) is 23.8 Å². The highest BCUT2D eigenvalue weighted by Gasteiger charge is 2.40. The predicted molar refractivity (Wildman–Crippen MR) is 107 cm³/mol. The second kappa shape index (κ2) is 8.63. The highest BCUT2D eigenvalue weighted by molar-refractivity contribution is 7.90. The van der Waals surface area contributed by atoms with E-state index in [1.54, 1.807) is 13.0 Å². The molecule has 2 unspecified atom stereocenters. The maximum atomic E-state index is 12.8. The van der Waals surface area contributed by atoms with Crippen LogP contribution in [-0.2, 0) is 15.0 Å². The molecular formula is C18H18F3N5O5S. The Bertz CT molecular complexity index is 1120. The molecule has 0 spiro atoms. The number of hydrogen-bond acceptors (Lipinski definition) is 6. The summed E-state index contributed by atoms with van der Waals surface area (Å²) in [7, 11) is -4.01. The van der Waals surface area contributed by atoms with Gasteiger partial charge in [0.25, 0.3) is 16.1 Å². The molecular weight excluding hydrogens is 455 g/mol. The van der Waals surface area contributed by atoms with Gasteiger partial charge in [-0.05, 0) is 54.3 Å². The van der Waals surface area contributed by atoms with Crippen molar-refractivity contribution >= 4 is 33.7 Å². The number of pyridine rings is 1. The number of amides is 3. The smallest absolute Gasteiger partial charge is 0.406 e. The summed E-state index contributed by atoms with van der Waals surface area (Å²) in [6, 6.07) is 5.78. The zero-order valence-electron chi connectivity index (χ0n) is 16.5. The van der Waals surface area contributed by atoms with Crippen LogP contribution in [0.25, 0.3) is 0 Å². The topological polar surface area (TPSA) is 144 Å². The molecule has 1 aliphatic rings. The zero-order chi connectivity index (χ0) is 23.7.